The van der Waals surface area contributed by atoms with Gasteiger partial charge in [-0.25, -0.2) is 8.42 Å². The number of rotatable bonds is 14. The van der Waals surface area contributed by atoms with Crippen LogP contribution in [0.4, 0.5) is 5.69 Å². The van der Waals surface area contributed by atoms with Crippen LogP contribution in [0.3, 0.4) is 0 Å². The number of sulfonamides is 1. The highest BCUT2D eigenvalue weighted by Gasteiger charge is 2.31. The third-order valence-electron chi connectivity index (χ3n) is 6.75. The highest BCUT2D eigenvalue weighted by atomic mass is 35.5. The van der Waals surface area contributed by atoms with Gasteiger partial charge < -0.3 is 10.2 Å². The third-order valence-corrected chi connectivity index (χ3v) is 8.49. The number of nitrogens with zero attached hydrogens (tertiary/aromatic N) is 2. The van der Waals surface area contributed by atoms with E-state index < -0.39 is 16.1 Å². The van der Waals surface area contributed by atoms with E-state index >= 15 is 0 Å². The molecule has 10 heteroatoms. The Morgan fingerprint density at radius 2 is 1.66 bits per heavy atom. The first-order valence-corrected chi connectivity index (χ1v) is 16.2. The molecule has 2 amide bonds. The summed E-state index contributed by atoms with van der Waals surface area (Å²) in [6.07, 6.45) is 2.45. The molecule has 1 N–H and O–H groups in total. The third kappa shape index (κ3) is 9.48. The summed E-state index contributed by atoms with van der Waals surface area (Å²) in [7, 11) is -3.71. The molecule has 0 radical (unpaired) electrons. The Labute approximate surface area is 253 Å². The molecule has 7 nitrogen and oxygen atoms in total. The van der Waals surface area contributed by atoms with Crippen molar-refractivity contribution in [3.8, 4) is 0 Å². The molecule has 220 valence electrons. The average molecular weight is 619 g/mol. The second-order valence-electron chi connectivity index (χ2n) is 9.98. The van der Waals surface area contributed by atoms with Crippen LogP contribution in [0.15, 0.2) is 72.8 Å². The number of hydrogen-bond donors (Lipinski definition) is 1. The van der Waals surface area contributed by atoms with E-state index in [0.29, 0.717) is 18.0 Å². The molecule has 0 fully saturated rings. The first kappa shape index (κ1) is 32.4. The van der Waals surface area contributed by atoms with Crippen molar-refractivity contribution in [2.24, 2.45) is 0 Å². The van der Waals surface area contributed by atoms with Crippen LogP contribution in [0.2, 0.25) is 10.0 Å². The van der Waals surface area contributed by atoms with E-state index in [-0.39, 0.29) is 48.5 Å². The lowest BCUT2D eigenvalue weighted by Gasteiger charge is -2.32. The first-order chi connectivity index (χ1) is 19.5. The van der Waals surface area contributed by atoms with Gasteiger partial charge in [0, 0.05) is 37.5 Å². The highest BCUT2D eigenvalue weighted by molar-refractivity contribution is 7.92. The fourth-order valence-electron chi connectivity index (χ4n) is 4.55. The Morgan fingerprint density at radius 3 is 2.32 bits per heavy atom. The van der Waals surface area contributed by atoms with Gasteiger partial charge in [-0.05, 0) is 54.7 Å². The summed E-state index contributed by atoms with van der Waals surface area (Å²) in [5.41, 5.74) is 3.14. The van der Waals surface area contributed by atoms with Crippen LogP contribution in [0, 0.1) is 6.92 Å². The fraction of sp³-hybridized carbons (Fsp3) is 0.355. The van der Waals surface area contributed by atoms with Crippen molar-refractivity contribution >= 4 is 50.7 Å². The average Bonchev–Trinajstić information content (AvgIpc) is 2.94. The van der Waals surface area contributed by atoms with Gasteiger partial charge in [0.25, 0.3) is 0 Å². The predicted molar refractivity (Wildman–Crippen MR) is 167 cm³/mol. The van der Waals surface area contributed by atoms with Gasteiger partial charge in [-0.2, -0.15) is 0 Å². The Hall–Kier alpha value is -3.07. The summed E-state index contributed by atoms with van der Waals surface area (Å²) in [6, 6.07) is 21.2. The van der Waals surface area contributed by atoms with Crippen molar-refractivity contribution < 1.29 is 18.0 Å². The highest BCUT2D eigenvalue weighted by Crippen LogP contribution is 2.31. The molecule has 0 aliphatic heterocycles. The van der Waals surface area contributed by atoms with Crippen LogP contribution in [0.25, 0.3) is 0 Å². The standard InChI is InChI=1S/C31H37Cl2N3O4S/c1-4-18-34-31(38)29(20-24-12-6-5-7-13-24)35(22-25-14-9-8-11-23(25)2)30(37)15-10-19-36(41(3,39)40)28-21-26(32)16-17-27(28)33/h5-9,11-14,16-17,21,29H,4,10,15,18-20,22H2,1-3H3,(H,34,38). The lowest BCUT2D eigenvalue weighted by atomic mass is 10.0. The number of anilines is 1. The van der Waals surface area contributed by atoms with Crippen LogP contribution < -0.4 is 9.62 Å². The molecule has 3 rings (SSSR count). The molecule has 1 atom stereocenters. The number of nitrogens with one attached hydrogen (secondary N) is 1. The molecule has 0 heterocycles. The number of hydrogen-bond acceptors (Lipinski definition) is 4. The summed E-state index contributed by atoms with van der Waals surface area (Å²) in [6.45, 7) is 4.72. The minimum atomic E-state index is -3.71. The van der Waals surface area contributed by atoms with Gasteiger partial charge in [0.05, 0.1) is 17.0 Å². The summed E-state index contributed by atoms with van der Waals surface area (Å²) < 4.78 is 26.5. The summed E-state index contributed by atoms with van der Waals surface area (Å²) in [5, 5.41) is 3.55. The minimum absolute atomic E-state index is 0.0220. The number of carbonyl (C=O) groups is 2. The molecule has 0 spiro atoms. The van der Waals surface area contributed by atoms with Gasteiger partial charge in [0.2, 0.25) is 21.8 Å². The van der Waals surface area contributed by atoms with Crippen molar-refractivity contribution in [1.29, 1.82) is 0 Å². The van der Waals surface area contributed by atoms with Crippen molar-refractivity contribution in [1.82, 2.24) is 10.2 Å². The number of amides is 2. The largest absolute Gasteiger partial charge is 0.354 e. The maximum atomic E-state index is 13.9. The van der Waals surface area contributed by atoms with Gasteiger partial charge in [0.1, 0.15) is 6.04 Å². The van der Waals surface area contributed by atoms with E-state index in [0.717, 1.165) is 33.7 Å². The van der Waals surface area contributed by atoms with Crippen LogP contribution in [-0.4, -0.2) is 50.5 Å². The quantitative estimate of drug-likeness (QED) is 0.240. The Bertz CT molecular complexity index is 1430. The summed E-state index contributed by atoms with van der Waals surface area (Å²) >= 11 is 12.4. The molecule has 0 aromatic heterocycles. The number of carbonyl (C=O) groups excluding carboxylic acids is 2. The second kappa shape index (κ2) is 15.2. The zero-order valence-electron chi connectivity index (χ0n) is 23.6. The fourth-order valence-corrected chi connectivity index (χ4v) is 5.96. The zero-order chi connectivity index (χ0) is 30.0. The van der Waals surface area contributed by atoms with Gasteiger partial charge >= 0.3 is 0 Å². The second-order valence-corrected chi connectivity index (χ2v) is 12.7. The van der Waals surface area contributed by atoms with E-state index in [1.54, 1.807) is 11.0 Å². The monoisotopic (exact) mass is 617 g/mol. The number of halogens is 2. The van der Waals surface area contributed by atoms with E-state index in [1.165, 1.54) is 12.1 Å². The van der Waals surface area contributed by atoms with Crippen LogP contribution in [0.1, 0.15) is 42.9 Å². The van der Waals surface area contributed by atoms with Crippen molar-refractivity contribution in [2.75, 3.05) is 23.7 Å². The van der Waals surface area contributed by atoms with Crippen LogP contribution >= 0.6 is 23.2 Å². The smallest absolute Gasteiger partial charge is 0.243 e. The lowest BCUT2D eigenvalue weighted by molar-refractivity contribution is -0.141. The number of benzene rings is 3. The molecular formula is C31H37Cl2N3O4S. The zero-order valence-corrected chi connectivity index (χ0v) is 26.0. The van der Waals surface area contributed by atoms with Crippen molar-refractivity contribution in [3.63, 3.8) is 0 Å². The van der Waals surface area contributed by atoms with Gasteiger partial charge in [0.15, 0.2) is 0 Å². The molecule has 3 aromatic rings. The van der Waals surface area contributed by atoms with Gasteiger partial charge in [-0.15, -0.1) is 0 Å². The van der Waals surface area contributed by atoms with Crippen molar-refractivity contribution in [2.45, 2.75) is 52.1 Å². The maximum absolute atomic E-state index is 13.9. The Kier molecular flexibility index (Phi) is 12.1. The molecular weight excluding hydrogens is 581 g/mol. The van der Waals surface area contributed by atoms with Gasteiger partial charge in [-0.1, -0.05) is 84.7 Å². The minimum Gasteiger partial charge on any atom is -0.354 e. The number of aryl methyl sites for hydroxylation is 1. The van der Waals surface area contributed by atoms with Crippen LogP contribution in [-0.2, 0) is 32.6 Å². The van der Waals surface area contributed by atoms with E-state index in [4.69, 9.17) is 23.2 Å². The first-order valence-electron chi connectivity index (χ1n) is 13.6. The summed E-state index contributed by atoms with van der Waals surface area (Å²) in [4.78, 5) is 29.0. The summed E-state index contributed by atoms with van der Waals surface area (Å²) in [5.74, 6) is -0.465. The van der Waals surface area contributed by atoms with E-state index in [9.17, 15) is 18.0 Å². The van der Waals surface area contributed by atoms with Gasteiger partial charge in [-0.3, -0.25) is 13.9 Å². The molecule has 0 aliphatic carbocycles. The maximum Gasteiger partial charge on any atom is 0.243 e. The molecule has 41 heavy (non-hydrogen) atoms. The van der Waals surface area contributed by atoms with Crippen molar-refractivity contribution in [3.05, 3.63) is 99.5 Å². The molecule has 3 aromatic carbocycles. The normalized spacial score (nSPS) is 12.0. The molecule has 0 saturated carbocycles. The SMILES string of the molecule is CCCNC(=O)C(Cc1ccccc1)N(Cc1ccccc1C)C(=O)CCCN(c1cc(Cl)ccc1Cl)S(C)(=O)=O. The van der Waals surface area contributed by atoms with E-state index in [1.807, 2.05) is 68.4 Å². The lowest BCUT2D eigenvalue weighted by Crippen LogP contribution is -2.50. The van der Waals surface area contributed by atoms with E-state index in [2.05, 4.69) is 5.32 Å². The molecule has 0 bridgehead atoms. The molecule has 0 aliphatic rings. The predicted octanol–water partition coefficient (Wildman–Crippen LogP) is 6.01. The Balaban J connectivity index is 1.90. The molecule has 1 unspecified atom stereocenters. The van der Waals surface area contributed by atoms with Crippen LogP contribution in [0.5, 0.6) is 0 Å². The molecule has 0 saturated heterocycles. The Morgan fingerprint density at radius 1 is 0.976 bits per heavy atom. The topological polar surface area (TPSA) is 86.8 Å².